The monoisotopic (exact) mass is 657 g/mol. The lowest BCUT2D eigenvalue weighted by Gasteiger charge is -2.10. The van der Waals surface area contributed by atoms with Gasteiger partial charge in [-0.1, -0.05) is 133 Å². The fraction of sp³-hybridized carbons (Fsp3) is 0. The van der Waals surface area contributed by atoms with Crippen LogP contribution in [0, 0.1) is 0 Å². The predicted molar refractivity (Wildman–Crippen MR) is 207 cm³/mol. The van der Waals surface area contributed by atoms with Crippen LogP contribution in [0.4, 0.5) is 0 Å². The minimum atomic E-state index is 0.632. The van der Waals surface area contributed by atoms with Gasteiger partial charge in [0, 0.05) is 47.6 Å². The first-order chi connectivity index (χ1) is 24.7. The molecular weight excluding hydrogens is 631 g/mol. The minimum Gasteiger partial charge on any atom is -0.456 e. The third kappa shape index (κ3) is 4.95. The van der Waals surface area contributed by atoms with Crippen LogP contribution in [0.1, 0.15) is 0 Å². The molecule has 0 aliphatic carbocycles. The molecule has 0 fully saturated rings. The maximum Gasteiger partial charge on any atom is 0.164 e. The molecule has 0 atom stereocenters. The van der Waals surface area contributed by atoms with Crippen LogP contribution in [-0.4, -0.2) is 15.0 Å². The molecule has 10 rings (SSSR count). The molecule has 0 radical (unpaired) electrons. The van der Waals surface area contributed by atoms with Crippen molar-refractivity contribution < 1.29 is 4.42 Å². The number of para-hydroxylation sites is 1. The molecule has 0 N–H and O–H groups in total. The van der Waals surface area contributed by atoms with E-state index in [2.05, 4.69) is 140 Å². The van der Waals surface area contributed by atoms with Crippen molar-refractivity contribution in [3.05, 3.63) is 164 Å². The zero-order chi connectivity index (χ0) is 33.0. The molecule has 50 heavy (non-hydrogen) atoms. The number of fused-ring (bicyclic) bond motifs is 6. The standard InChI is InChI=1S/C45H27N3OS/c1-2-8-28(9-3-1)29-14-18-31(19-15-29)43-46-44(48-45(47-43)34-23-25-38-37-11-5-7-13-41(37)50-42(38)27-34)32-20-16-30(17-21-32)33-22-24-36-35-10-4-6-12-39(35)49-40(36)26-33/h1-27H. The average molecular weight is 658 g/mol. The maximum absolute atomic E-state index is 6.17. The van der Waals surface area contributed by atoms with Crippen LogP contribution in [0.2, 0.25) is 0 Å². The normalized spacial score (nSPS) is 11.6. The number of hydrogen-bond donors (Lipinski definition) is 0. The van der Waals surface area contributed by atoms with Crippen LogP contribution in [-0.2, 0) is 0 Å². The van der Waals surface area contributed by atoms with E-state index in [1.807, 2.05) is 24.3 Å². The number of benzene rings is 7. The fourth-order valence-corrected chi connectivity index (χ4v) is 7.93. The maximum atomic E-state index is 6.17. The summed E-state index contributed by atoms with van der Waals surface area (Å²) in [6, 6.07) is 56.9. The quantitative estimate of drug-likeness (QED) is 0.185. The summed E-state index contributed by atoms with van der Waals surface area (Å²) in [4.78, 5) is 15.1. The highest BCUT2D eigenvalue weighted by molar-refractivity contribution is 7.25. The summed E-state index contributed by atoms with van der Waals surface area (Å²) in [6.45, 7) is 0. The molecule has 4 nitrogen and oxygen atoms in total. The molecule has 234 valence electrons. The first-order valence-electron chi connectivity index (χ1n) is 16.6. The zero-order valence-electron chi connectivity index (χ0n) is 26.7. The highest BCUT2D eigenvalue weighted by Crippen LogP contribution is 2.37. The molecule has 3 heterocycles. The number of furan rings is 1. The topological polar surface area (TPSA) is 51.8 Å². The van der Waals surface area contributed by atoms with Crippen molar-refractivity contribution in [1.29, 1.82) is 0 Å². The van der Waals surface area contributed by atoms with Gasteiger partial charge in [-0.3, -0.25) is 0 Å². The third-order valence-electron chi connectivity index (χ3n) is 9.38. The summed E-state index contributed by atoms with van der Waals surface area (Å²) in [7, 11) is 0. The Hall–Kier alpha value is -6.43. The van der Waals surface area contributed by atoms with Gasteiger partial charge in [0.15, 0.2) is 17.5 Å². The lowest BCUT2D eigenvalue weighted by atomic mass is 10.0. The van der Waals surface area contributed by atoms with E-state index in [0.717, 1.165) is 55.3 Å². The van der Waals surface area contributed by atoms with Crippen LogP contribution in [0.5, 0.6) is 0 Å². The molecule has 7 aromatic carbocycles. The first kappa shape index (κ1) is 28.6. The Bertz CT molecular complexity index is 2850. The van der Waals surface area contributed by atoms with E-state index >= 15 is 0 Å². The number of thiophene rings is 1. The van der Waals surface area contributed by atoms with Gasteiger partial charge in [0.25, 0.3) is 0 Å². The van der Waals surface area contributed by atoms with Gasteiger partial charge in [0.1, 0.15) is 11.2 Å². The molecule has 0 spiro atoms. The van der Waals surface area contributed by atoms with Crippen molar-refractivity contribution in [2.24, 2.45) is 0 Å². The summed E-state index contributed by atoms with van der Waals surface area (Å²) in [5.41, 5.74) is 9.12. The van der Waals surface area contributed by atoms with E-state index in [9.17, 15) is 0 Å². The largest absolute Gasteiger partial charge is 0.456 e. The Morgan fingerprint density at radius 1 is 0.320 bits per heavy atom. The van der Waals surface area contributed by atoms with Crippen LogP contribution in [0.3, 0.4) is 0 Å². The number of hydrogen-bond acceptors (Lipinski definition) is 5. The Balaban J connectivity index is 1.06. The van der Waals surface area contributed by atoms with Crippen molar-refractivity contribution in [3.63, 3.8) is 0 Å². The highest BCUT2D eigenvalue weighted by atomic mass is 32.1. The smallest absolute Gasteiger partial charge is 0.164 e. The summed E-state index contributed by atoms with van der Waals surface area (Å²) < 4.78 is 8.65. The molecule has 0 amide bonds. The van der Waals surface area contributed by atoms with Crippen LogP contribution in [0.15, 0.2) is 168 Å². The molecule has 0 aliphatic rings. The van der Waals surface area contributed by atoms with Gasteiger partial charge in [-0.25, -0.2) is 15.0 Å². The Morgan fingerprint density at radius 2 is 0.800 bits per heavy atom. The Kier molecular flexibility index (Phi) is 6.64. The minimum absolute atomic E-state index is 0.632. The molecule has 0 bridgehead atoms. The predicted octanol–water partition coefficient (Wildman–Crippen LogP) is 12.5. The molecular formula is C45H27N3OS. The molecule has 3 aromatic heterocycles. The van der Waals surface area contributed by atoms with Crippen molar-refractivity contribution in [2.75, 3.05) is 0 Å². The second-order valence-corrected chi connectivity index (χ2v) is 13.5. The third-order valence-corrected chi connectivity index (χ3v) is 10.5. The lowest BCUT2D eigenvalue weighted by Crippen LogP contribution is -2.00. The van der Waals surface area contributed by atoms with Gasteiger partial charge in [-0.05, 0) is 52.6 Å². The molecule has 0 aliphatic heterocycles. The first-order valence-corrected chi connectivity index (χ1v) is 17.4. The van der Waals surface area contributed by atoms with Gasteiger partial charge >= 0.3 is 0 Å². The molecule has 0 saturated heterocycles. The van der Waals surface area contributed by atoms with Gasteiger partial charge in [0.05, 0.1) is 0 Å². The van der Waals surface area contributed by atoms with Gasteiger partial charge in [-0.15, -0.1) is 11.3 Å². The van der Waals surface area contributed by atoms with Gasteiger partial charge in [-0.2, -0.15) is 0 Å². The van der Waals surface area contributed by atoms with Crippen molar-refractivity contribution >= 4 is 53.4 Å². The van der Waals surface area contributed by atoms with E-state index < -0.39 is 0 Å². The van der Waals surface area contributed by atoms with E-state index in [1.54, 1.807) is 11.3 Å². The van der Waals surface area contributed by atoms with Crippen LogP contribution < -0.4 is 0 Å². The summed E-state index contributed by atoms with van der Waals surface area (Å²) in [5.74, 6) is 1.92. The zero-order valence-corrected chi connectivity index (χ0v) is 27.6. The van der Waals surface area contributed by atoms with Crippen molar-refractivity contribution in [3.8, 4) is 56.4 Å². The SMILES string of the molecule is c1ccc(-c2ccc(-c3nc(-c4ccc(-c5ccc6c(c5)oc5ccccc56)cc4)nc(-c4ccc5c(c4)sc4ccccc45)n3)cc2)cc1. The lowest BCUT2D eigenvalue weighted by molar-refractivity contribution is 0.669. The van der Waals surface area contributed by atoms with E-state index in [-0.39, 0.29) is 0 Å². The summed E-state index contributed by atoms with van der Waals surface area (Å²) in [6.07, 6.45) is 0. The van der Waals surface area contributed by atoms with Crippen molar-refractivity contribution in [2.45, 2.75) is 0 Å². The molecule has 0 saturated carbocycles. The number of rotatable bonds is 5. The number of aromatic nitrogens is 3. The summed E-state index contributed by atoms with van der Waals surface area (Å²) >= 11 is 1.79. The van der Waals surface area contributed by atoms with Crippen LogP contribution >= 0.6 is 11.3 Å². The molecule has 0 unspecified atom stereocenters. The second kappa shape index (κ2) is 11.6. The second-order valence-electron chi connectivity index (χ2n) is 12.4. The molecule has 5 heteroatoms. The summed E-state index contributed by atoms with van der Waals surface area (Å²) in [5, 5.41) is 4.77. The average Bonchev–Trinajstić information content (AvgIpc) is 3.76. The number of nitrogens with zero attached hydrogens (tertiary/aromatic N) is 3. The van der Waals surface area contributed by atoms with Crippen molar-refractivity contribution in [1.82, 2.24) is 15.0 Å². The van der Waals surface area contributed by atoms with E-state index in [0.29, 0.717) is 17.5 Å². The Morgan fingerprint density at radius 3 is 1.54 bits per heavy atom. The van der Waals surface area contributed by atoms with Gasteiger partial charge < -0.3 is 4.42 Å². The van der Waals surface area contributed by atoms with Crippen LogP contribution in [0.25, 0.3) is 98.5 Å². The Labute approximate surface area is 292 Å². The molecule has 10 aromatic rings. The van der Waals surface area contributed by atoms with Gasteiger partial charge in [0.2, 0.25) is 0 Å². The van der Waals surface area contributed by atoms with E-state index in [4.69, 9.17) is 19.4 Å². The highest BCUT2D eigenvalue weighted by Gasteiger charge is 2.15. The fourth-order valence-electron chi connectivity index (χ4n) is 6.79. The van der Waals surface area contributed by atoms with E-state index in [1.165, 1.54) is 25.7 Å².